The number of carbonyl (C=O) groups excluding carboxylic acids is 1. The maximum Gasteiger partial charge on any atom is 0.331 e. The summed E-state index contributed by atoms with van der Waals surface area (Å²) in [5, 5.41) is 8.69. The van der Waals surface area contributed by atoms with Crippen LogP contribution in [0, 0.1) is 0 Å². The highest BCUT2D eigenvalue weighted by atomic mass is 16.5. The number of ether oxygens (including phenoxy) is 1. The maximum absolute atomic E-state index is 11.2. The van der Waals surface area contributed by atoms with Gasteiger partial charge in [0.2, 0.25) is 0 Å². The Bertz CT molecular complexity index is 256. The lowest BCUT2D eigenvalue weighted by Gasteiger charge is -2.02. The summed E-state index contributed by atoms with van der Waals surface area (Å²) in [6, 6.07) is 0. The zero-order valence-corrected chi connectivity index (χ0v) is 9.99. The Morgan fingerprint density at radius 2 is 1.88 bits per heavy atom. The smallest absolute Gasteiger partial charge is 0.331 e. The van der Waals surface area contributed by atoms with Gasteiger partial charge in [0.05, 0.1) is 6.61 Å². The van der Waals surface area contributed by atoms with Gasteiger partial charge < -0.3 is 9.84 Å². The van der Waals surface area contributed by atoms with Gasteiger partial charge in [-0.25, -0.2) is 9.59 Å². The van der Waals surface area contributed by atoms with Crippen LogP contribution in [-0.4, -0.2) is 23.7 Å². The monoisotopic (exact) mass is 228 g/mol. The number of carbonyl (C=O) groups is 2. The fourth-order valence-corrected chi connectivity index (χ4v) is 1.20. The topological polar surface area (TPSA) is 63.6 Å². The molecule has 0 amide bonds. The van der Waals surface area contributed by atoms with Gasteiger partial charge in [-0.15, -0.1) is 0 Å². The van der Waals surface area contributed by atoms with Crippen molar-refractivity contribution in [3.05, 3.63) is 11.6 Å². The zero-order valence-electron chi connectivity index (χ0n) is 9.99. The minimum atomic E-state index is -1.06. The lowest BCUT2D eigenvalue weighted by atomic mass is 10.2. The molecule has 4 heteroatoms. The van der Waals surface area contributed by atoms with Crippen LogP contribution < -0.4 is 0 Å². The minimum Gasteiger partial charge on any atom is -0.478 e. The first-order chi connectivity index (χ1) is 7.61. The third-order valence-electron chi connectivity index (χ3n) is 2.19. The molecular weight excluding hydrogens is 208 g/mol. The molecule has 0 rings (SSSR count). The van der Waals surface area contributed by atoms with E-state index >= 15 is 0 Å². The van der Waals surface area contributed by atoms with E-state index in [1.54, 1.807) is 6.92 Å². The first kappa shape index (κ1) is 14.7. The molecule has 0 radical (unpaired) electrons. The Balaban J connectivity index is 3.84. The van der Waals surface area contributed by atoms with Crippen LogP contribution in [0.25, 0.3) is 0 Å². The summed E-state index contributed by atoms with van der Waals surface area (Å²) in [7, 11) is 0. The summed E-state index contributed by atoms with van der Waals surface area (Å²) in [5.74, 6) is -1.62. The fourth-order valence-electron chi connectivity index (χ4n) is 1.20. The molecule has 0 aromatic rings. The average molecular weight is 228 g/mol. The van der Waals surface area contributed by atoms with Gasteiger partial charge in [0.1, 0.15) is 0 Å². The third-order valence-corrected chi connectivity index (χ3v) is 2.19. The van der Waals surface area contributed by atoms with Crippen molar-refractivity contribution < 1.29 is 19.4 Å². The van der Waals surface area contributed by atoms with Crippen LogP contribution in [0.3, 0.4) is 0 Å². The first-order valence-electron chi connectivity index (χ1n) is 5.72. The molecule has 0 bridgehead atoms. The molecule has 0 unspecified atom stereocenters. The van der Waals surface area contributed by atoms with E-state index in [4.69, 9.17) is 9.84 Å². The summed E-state index contributed by atoms with van der Waals surface area (Å²) < 4.78 is 4.89. The van der Waals surface area contributed by atoms with Gasteiger partial charge in [-0.1, -0.05) is 33.1 Å². The molecule has 0 aliphatic heterocycles. The second-order valence-corrected chi connectivity index (χ2v) is 3.56. The Hall–Kier alpha value is -1.32. The van der Waals surface area contributed by atoms with Crippen LogP contribution in [-0.2, 0) is 14.3 Å². The van der Waals surface area contributed by atoms with Gasteiger partial charge >= 0.3 is 11.9 Å². The van der Waals surface area contributed by atoms with Crippen LogP contribution in [0.1, 0.15) is 46.0 Å². The van der Waals surface area contributed by atoms with E-state index in [0.29, 0.717) is 13.0 Å². The van der Waals surface area contributed by atoms with Gasteiger partial charge in [0, 0.05) is 11.6 Å². The van der Waals surface area contributed by atoms with Crippen LogP contribution in [0.5, 0.6) is 0 Å². The molecule has 0 aromatic carbocycles. The third kappa shape index (κ3) is 7.04. The van der Waals surface area contributed by atoms with E-state index in [1.807, 2.05) is 0 Å². The lowest BCUT2D eigenvalue weighted by Crippen LogP contribution is -2.07. The summed E-state index contributed by atoms with van der Waals surface area (Å²) in [5.41, 5.74) is 0.0820. The summed E-state index contributed by atoms with van der Waals surface area (Å²) in [6.07, 6.45) is 5.51. The molecule has 0 atom stereocenters. The SMILES string of the molecule is CCCCCCOC(=O)C=C(CC)C(=O)O. The highest BCUT2D eigenvalue weighted by molar-refractivity contribution is 5.95. The maximum atomic E-state index is 11.2. The second-order valence-electron chi connectivity index (χ2n) is 3.56. The molecule has 16 heavy (non-hydrogen) atoms. The molecule has 92 valence electrons. The quantitative estimate of drug-likeness (QED) is 0.394. The number of unbranched alkanes of at least 4 members (excludes halogenated alkanes) is 3. The molecule has 0 aliphatic rings. The average Bonchev–Trinajstić information content (AvgIpc) is 2.25. The van der Waals surface area contributed by atoms with Crippen molar-refractivity contribution in [1.29, 1.82) is 0 Å². The van der Waals surface area contributed by atoms with Crippen LogP contribution in [0.15, 0.2) is 11.6 Å². The van der Waals surface area contributed by atoms with Crippen molar-refractivity contribution in [2.24, 2.45) is 0 Å². The number of aliphatic carboxylic acids is 1. The highest BCUT2D eigenvalue weighted by Crippen LogP contribution is 2.03. The van der Waals surface area contributed by atoms with Crippen molar-refractivity contribution in [3.63, 3.8) is 0 Å². The first-order valence-corrected chi connectivity index (χ1v) is 5.72. The van der Waals surface area contributed by atoms with Crippen LogP contribution >= 0.6 is 0 Å². The molecule has 0 aromatic heterocycles. The number of hydrogen-bond acceptors (Lipinski definition) is 3. The fraction of sp³-hybridized carbons (Fsp3) is 0.667. The highest BCUT2D eigenvalue weighted by Gasteiger charge is 2.07. The van der Waals surface area contributed by atoms with E-state index in [9.17, 15) is 9.59 Å². The van der Waals surface area contributed by atoms with E-state index < -0.39 is 11.9 Å². The molecule has 4 nitrogen and oxygen atoms in total. The molecular formula is C12H20O4. The van der Waals surface area contributed by atoms with E-state index in [0.717, 1.165) is 31.8 Å². The lowest BCUT2D eigenvalue weighted by molar-refractivity contribution is -0.139. The van der Waals surface area contributed by atoms with E-state index in [2.05, 4.69) is 6.92 Å². The zero-order chi connectivity index (χ0) is 12.4. The van der Waals surface area contributed by atoms with Crippen LogP contribution in [0.4, 0.5) is 0 Å². The van der Waals surface area contributed by atoms with Gasteiger partial charge in [-0.05, 0) is 12.8 Å². The van der Waals surface area contributed by atoms with Crippen molar-refractivity contribution in [2.75, 3.05) is 6.61 Å². The number of carboxylic acids is 1. The Labute approximate surface area is 96.3 Å². The second kappa shape index (κ2) is 8.95. The molecule has 0 heterocycles. The normalized spacial score (nSPS) is 11.2. The standard InChI is InChI=1S/C12H20O4/c1-3-5-6-7-8-16-11(13)9-10(4-2)12(14)15/h9H,3-8H2,1-2H3,(H,14,15). The summed E-state index contributed by atoms with van der Waals surface area (Å²) in [4.78, 5) is 21.8. The molecule has 0 fully saturated rings. The van der Waals surface area contributed by atoms with Crippen molar-refractivity contribution in [3.8, 4) is 0 Å². The predicted octanol–water partition coefficient (Wildman–Crippen LogP) is 2.53. The number of esters is 1. The van der Waals surface area contributed by atoms with Crippen molar-refractivity contribution in [1.82, 2.24) is 0 Å². The number of carboxylic acid groups (broad SMARTS) is 1. The van der Waals surface area contributed by atoms with Gasteiger partial charge in [-0.2, -0.15) is 0 Å². The largest absolute Gasteiger partial charge is 0.478 e. The summed E-state index contributed by atoms with van der Waals surface area (Å²) >= 11 is 0. The minimum absolute atomic E-state index is 0.0820. The molecule has 0 saturated carbocycles. The summed E-state index contributed by atoms with van der Waals surface area (Å²) in [6.45, 7) is 4.16. The molecule has 0 saturated heterocycles. The van der Waals surface area contributed by atoms with E-state index in [1.165, 1.54) is 0 Å². The molecule has 1 N–H and O–H groups in total. The molecule has 0 aliphatic carbocycles. The van der Waals surface area contributed by atoms with Crippen molar-refractivity contribution >= 4 is 11.9 Å². The Morgan fingerprint density at radius 3 is 2.38 bits per heavy atom. The van der Waals surface area contributed by atoms with Gasteiger partial charge in [0.25, 0.3) is 0 Å². The Kier molecular flexibility index (Phi) is 8.21. The number of rotatable bonds is 8. The number of hydrogen-bond donors (Lipinski definition) is 1. The Morgan fingerprint density at radius 1 is 1.19 bits per heavy atom. The van der Waals surface area contributed by atoms with Crippen molar-refractivity contribution in [2.45, 2.75) is 46.0 Å². The predicted molar refractivity (Wildman–Crippen MR) is 61.1 cm³/mol. The van der Waals surface area contributed by atoms with Crippen LogP contribution in [0.2, 0.25) is 0 Å². The van der Waals surface area contributed by atoms with Gasteiger partial charge in [0.15, 0.2) is 0 Å². The molecule has 0 spiro atoms. The van der Waals surface area contributed by atoms with E-state index in [-0.39, 0.29) is 5.57 Å². The van der Waals surface area contributed by atoms with Gasteiger partial charge in [-0.3, -0.25) is 0 Å².